The molecule has 0 bridgehead atoms. The standard InChI is InChI=1S/C76H50N4/c1-6-23-50(24-7-1)53-41-43-56(44-42-53)74-77-75(59-46-57(51-25-8-2-9-26-51)45-58(47-59)52-27-10-3-11-28-52)79-76(78-74)60-48-67(54-29-12-4-13-30-54)73(68(49-60)55-31-14-5-15-32-55)80-69-39-21-20-37-65(69)72-66(38-22-40-70(72)80)71-63-35-18-16-33-61(63)62-34-17-19-36-64(62)71/h1-49,71H. The van der Waals surface area contributed by atoms with Crippen LogP contribution in [0.15, 0.2) is 297 Å². The van der Waals surface area contributed by atoms with Crippen LogP contribution in [0.5, 0.6) is 0 Å². The number of rotatable bonds is 10. The molecular formula is C76H50N4. The van der Waals surface area contributed by atoms with Crippen LogP contribution in [-0.2, 0) is 0 Å². The summed E-state index contributed by atoms with van der Waals surface area (Å²) in [4.78, 5) is 16.4. The van der Waals surface area contributed by atoms with E-state index in [2.05, 4.69) is 302 Å². The van der Waals surface area contributed by atoms with Gasteiger partial charge in [0.1, 0.15) is 0 Å². The fourth-order valence-electron chi connectivity index (χ4n) is 12.3. The number of benzene rings is 12. The number of hydrogen-bond acceptors (Lipinski definition) is 3. The van der Waals surface area contributed by atoms with E-state index in [1.165, 1.54) is 38.6 Å². The van der Waals surface area contributed by atoms with Crippen molar-refractivity contribution in [2.75, 3.05) is 0 Å². The van der Waals surface area contributed by atoms with Gasteiger partial charge >= 0.3 is 0 Å². The summed E-state index contributed by atoms with van der Waals surface area (Å²) in [6, 6.07) is 107. The van der Waals surface area contributed by atoms with Crippen molar-refractivity contribution in [2.45, 2.75) is 5.92 Å². The number of nitrogens with zero attached hydrogens (tertiary/aromatic N) is 4. The van der Waals surface area contributed by atoms with Gasteiger partial charge in [-0.3, -0.25) is 0 Å². The summed E-state index contributed by atoms with van der Waals surface area (Å²) < 4.78 is 2.52. The van der Waals surface area contributed by atoms with Crippen molar-refractivity contribution in [3.63, 3.8) is 0 Å². The van der Waals surface area contributed by atoms with Crippen LogP contribution in [0.3, 0.4) is 0 Å². The summed E-state index contributed by atoms with van der Waals surface area (Å²) in [5, 5.41) is 2.46. The van der Waals surface area contributed by atoms with Crippen LogP contribution >= 0.6 is 0 Å². The second-order valence-electron chi connectivity index (χ2n) is 20.6. The summed E-state index contributed by atoms with van der Waals surface area (Å²) in [6.07, 6.45) is 0. The molecule has 0 radical (unpaired) electrons. The Bertz CT molecular complexity index is 4450. The van der Waals surface area contributed by atoms with Gasteiger partial charge in [-0.2, -0.15) is 0 Å². The molecule has 0 aliphatic heterocycles. The minimum Gasteiger partial charge on any atom is -0.308 e. The second-order valence-corrected chi connectivity index (χ2v) is 20.6. The Morgan fingerprint density at radius 3 is 1.12 bits per heavy atom. The number of hydrogen-bond donors (Lipinski definition) is 0. The van der Waals surface area contributed by atoms with E-state index in [1.807, 2.05) is 0 Å². The Morgan fingerprint density at radius 1 is 0.237 bits per heavy atom. The Labute approximate surface area is 465 Å². The highest BCUT2D eigenvalue weighted by Crippen LogP contribution is 2.52. The summed E-state index contributed by atoms with van der Waals surface area (Å²) in [5.74, 6) is 1.82. The Hall–Kier alpha value is -10.6. The van der Waals surface area contributed by atoms with Crippen molar-refractivity contribution in [3.05, 3.63) is 314 Å². The van der Waals surface area contributed by atoms with E-state index < -0.39 is 0 Å². The SMILES string of the molecule is c1ccc(-c2ccc(-c3nc(-c4cc(-c5ccccc5)cc(-c5ccccc5)c4)nc(-c4cc(-c5ccccc5)c(-n5c6ccccc6c6c(C7c8ccccc8-c8ccccc87)cccc65)c(-c5ccccc5)c4)n3)cc2)cc1. The van der Waals surface area contributed by atoms with Crippen LogP contribution in [0.1, 0.15) is 22.6 Å². The van der Waals surface area contributed by atoms with Gasteiger partial charge in [-0.1, -0.05) is 255 Å². The molecule has 0 fully saturated rings. The molecule has 12 aromatic carbocycles. The molecular weight excluding hydrogens is 969 g/mol. The number of fused-ring (bicyclic) bond motifs is 6. The molecule has 0 N–H and O–H groups in total. The monoisotopic (exact) mass is 1020 g/mol. The first-order valence-electron chi connectivity index (χ1n) is 27.4. The van der Waals surface area contributed by atoms with E-state index in [-0.39, 0.29) is 5.92 Å². The van der Waals surface area contributed by atoms with Gasteiger partial charge in [0.15, 0.2) is 17.5 Å². The highest BCUT2D eigenvalue weighted by molar-refractivity contribution is 6.13. The molecule has 4 nitrogen and oxygen atoms in total. The highest BCUT2D eigenvalue weighted by Gasteiger charge is 2.32. The molecule has 0 atom stereocenters. The lowest BCUT2D eigenvalue weighted by molar-refractivity contribution is 1.03. The minimum atomic E-state index is 0.0638. The molecule has 15 rings (SSSR count). The van der Waals surface area contributed by atoms with E-state index in [4.69, 9.17) is 15.0 Å². The molecule has 0 saturated heterocycles. The Morgan fingerprint density at radius 2 is 0.600 bits per heavy atom. The van der Waals surface area contributed by atoms with Gasteiger partial charge in [0.25, 0.3) is 0 Å². The predicted octanol–water partition coefficient (Wildman–Crippen LogP) is 19.5. The summed E-state index contributed by atoms with van der Waals surface area (Å²) >= 11 is 0. The van der Waals surface area contributed by atoms with E-state index >= 15 is 0 Å². The zero-order valence-corrected chi connectivity index (χ0v) is 43.7. The van der Waals surface area contributed by atoms with E-state index in [1.54, 1.807) is 0 Å². The number of aromatic nitrogens is 4. The average molecular weight is 1020 g/mol. The van der Waals surface area contributed by atoms with Gasteiger partial charge in [0.05, 0.1) is 16.7 Å². The molecule has 80 heavy (non-hydrogen) atoms. The van der Waals surface area contributed by atoms with Gasteiger partial charge in [0, 0.05) is 44.5 Å². The molecule has 0 unspecified atom stereocenters. The largest absolute Gasteiger partial charge is 0.308 e. The van der Waals surface area contributed by atoms with Crippen LogP contribution in [-0.4, -0.2) is 19.5 Å². The van der Waals surface area contributed by atoms with Crippen molar-refractivity contribution in [2.24, 2.45) is 0 Å². The third kappa shape index (κ3) is 8.21. The van der Waals surface area contributed by atoms with E-state index in [0.717, 1.165) is 89.0 Å². The van der Waals surface area contributed by atoms with Crippen molar-refractivity contribution in [1.82, 2.24) is 19.5 Å². The zero-order chi connectivity index (χ0) is 52.9. The molecule has 2 heterocycles. The summed E-state index contributed by atoms with van der Waals surface area (Å²) in [7, 11) is 0. The van der Waals surface area contributed by atoms with E-state index in [0.29, 0.717) is 17.5 Å². The van der Waals surface area contributed by atoms with Crippen LogP contribution in [0.25, 0.3) is 128 Å². The topological polar surface area (TPSA) is 43.6 Å². The maximum atomic E-state index is 5.56. The zero-order valence-electron chi connectivity index (χ0n) is 43.7. The van der Waals surface area contributed by atoms with Crippen LogP contribution < -0.4 is 0 Å². The first kappa shape index (κ1) is 46.7. The molecule has 4 heteroatoms. The summed E-state index contributed by atoms with van der Waals surface area (Å²) in [6.45, 7) is 0. The van der Waals surface area contributed by atoms with Crippen LogP contribution in [0.2, 0.25) is 0 Å². The molecule has 0 saturated carbocycles. The first-order chi connectivity index (χ1) is 39.7. The lowest BCUT2D eigenvalue weighted by Crippen LogP contribution is -2.04. The Balaban J connectivity index is 0.997. The molecule has 14 aromatic rings. The summed E-state index contributed by atoms with van der Waals surface area (Å²) in [5.41, 5.74) is 23.5. The number of para-hydroxylation sites is 1. The third-order valence-corrected chi connectivity index (χ3v) is 15.9. The van der Waals surface area contributed by atoms with Gasteiger partial charge in [0.2, 0.25) is 0 Å². The fraction of sp³-hybridized carbons (Fsp3) is 0.0132. The van der Waals surface area contributed by atoms with E-state index in [9.17, 15) is 0 Å². The first-order valence-corrected chi connectivity index (χ1v) is 27.4. The second kappa shape index (κ2) is 19.8. The molecule has 1 aliphatic rings. The van der Waals surface area contributed by atoms with Gasteiger partial charge in [-0.15, -0.1) is 0 Å². The predicted molar refractivity (Wildman–Crippen MR) is 330 cm³/mol. The van der Waals surface area contributed by atoms with Gasteiger partial charge < -0.3 is 4.57 Å². The molecule has 1 aliphatic carbocycles. The quantitative estimate of drug-likeness (QED) is 0.137. The van der Waals surface area contributed by atoms with Crippen molar-refractivity contribution >= 4 is 21.8 Å². The van der Waals surface area contributed by atoms with Crippen molar-refractivity contribution in [3.8, 4) is 107 Å². The maximum absolute atomic E-state index is 5.56. The van der Waals surface area contributed by atoms with Gasteiger partial charge in [-0.25, -0.2) is 15.0 Å². The lowest BCUT2D eigenvalue weighted by atomic mass is 9.86. The lowest BCUT2D eigenvalue weighted by Gasteiger charge is -2.21. The molecule has 0 amide bonds. The molecule has 0 spiro atoms. The normalized spacial score (nSPS) is 11.9. The average Bonchev–Trinajstić information content (AvgIpc) is 4.29. The minimum absolute atomic E-state index is 0.0638. The maximum Gasteiger partial charge on any atom is 0.164 e. The molecule has 2 aromatic heterocycles. The smallest absolute Gasteiger partial charge is 0.164 e. The third-order valence-electron chi connectivity index (χ3n) is 15.9. The molecule has 374 valence electrons. The highest BCUT2D eigenvalue weighted by atomic mass is 15.0. The van der Waals surface area contributed by atoms with Crippen molar-refractivity contribution in [1.29, 1.82) is 0 Å². The van der Waals surface area contributed by atoms with Crippen LogP contribution in [0, 0.1) is 0 Å². The Kier molecular flexibility index (Phi) is 11.6. The fourth-order valence-corrected chi connectivity index (χ4v) is 12.3. The van der Waals surface area contributed by atoms with Crippen LogP contribution in [0.4, 0.5) is 0 Å². The van der Waals surface area contributed by atoms with Crippen molar-refractivity contribution < 1.29 is 0 Å². The van der Waals surface area contributed by atoms with Gasteiger partial charge in [-0.05, 0) is 115 Å².